The van der Waals surface area contributed by atoms with Crippen molar-refractivity contribution in [2.75, 3.05) is 38.8 Å². The summed E-state index contributed by atoms with van der Waals surface area (Å²) < 4.78 is 46.5. The highest BCUT2D eigenvalue weighted by atomic mass is 31.2. The lowest BCUT2D eigenvalue weighted by Gasteiger charge is -2.25. The summed E-state index contributed by atoms with van der Waals surface area (Å²) >= 11 is 0. The van der Waals surface area contributed by atoms with Gasteiger partial charge in [0.05, 0.1) is 44.9 Å². The quantitative estimate of drug-likeness (QED) is 0.509. The lowest BCUT2D eigenvalue weighted by atomic mass is 10.0. The van der Waals surface area contributed by atoms with E-state index in [2.05, 4.69) is 0 Å². The van der Waals surface area contributed by atoms with Gasteiger partial charge in [-0.15, -0.1) is 0 Å². The van der Waals surface area contributed by atoms with Gasteiger partial charge in [0.15, 0.2) is 0 Å². The minimum absolute atomic E-state index is 0.180. The van der Waals surface area contributed by atoms with Gasteiger partial charge >= 0.3 is 15.2 Å². The first kappa shape index (κ1) is 22.3. The molecular formula is C15H32O7P2. The van der Waals surface area contributed by atoms with Crippen LogP contribution in [0.4, 0.5) is 0 Å². The third-order valence-corrected chi connectivity index (χ3v) is 8.53. The van der Waals surface area contributed by atoms with E-state index in [9.17, 15) is 14.2 Å². The molecule has 0 spiro atoms. The van der Waals surface area contributed by atoms with E-state index in [0.717, 1.165) is 0 Å². The van der Waals surface area contributed by atoms with Crippen LogP contribution in [0.15, 0.2) is 0 Å². The molecule has 0 aromatic carbocycles. The summed E-state index contributed by atoms with van der Waals surface area (Å²) in [5, 5.41) is 10.6. The molecule has 0 amide bonds. The Balaban J connectivity index is 2.71. The third kappa shape index (κ3) is 6.53. The molecule has 1 aliphatic carbocycles. The molecule has 0 aromatic rings. The minimum atomic E-state index is -3.20. The normalized spacial score (nSPS) is 25.3. The predicted molar refractivity (Wildman–Crippen MR) is 93.7 cm³/mol. The highest BCUT2D eigenvalue weighted by Gasteiger charge is 2.43. The fourth-order valence-corrected chi connectivity index (χ4v) is 7.29. The van der Waals surface area contributed by atoms with E-state index in [0.29, 0.717) is 39.3 Å². The summed E-state index contributed by atoms with van der Waals surface area (Å²) in [5.41, 5.74) is 0. The molecule has 2 unspecified atom stereocenters. The van der Waals surface area contributed by atoms with Gasteiger partial charge in [-0.05, 0) is 52.4 Å². The Morgan fingerprint density at radius 2 is 1.04 bits per heavy atom. The summed E-state index contributed by atoms with van der Waals surface area (Å²) in [6, 6.07) is 0. The molecule has 1 fully saturated rings. The molecule has 1 N–H and O–H groups in total. The summed E-state index contributed by atoms with van der Waals surface area (Å²) in [5.74, 6) is -0.397. The lowest BCUT2D eigenvalue weighted by Crippen LogP contribution is -2.27. The predicted octanol–water partition coefficient (Wildman–Crippen LogP) is 3.91. The van der Waals surface area contributed by atoms with E-state index in [1.807, 2.05) is 0 Å². The van der Waals surface area contributed by atoms with Crippen molar-refractivity contribution in [2.24, 2.45) is 11.8 Å². The largest absolute Gasteiger partial charge is 0.393 e. The van der Waals surface area contributed by atoms with Crippen LogP contribution < -0.4 is 0 Å². The highest BCUT2D eigenvalue weighted by Crippen LogP contribution is 2.56. The van der Waals surface area contributed by atoms with E-state index >= 15 is 0 Å². The number of aliphatic hydroxyl groups is 1. The molecule has 9 heteroatoms. The summed E-state index contributed by atoms with van der Waals surface area (Å²) in [6.07, 6.45) is 1.02. The third-order valence-electron chi connectivity index (χ3n) is 4.09. The average molecular weight is 386 g/mol. The van der Waals surface area contributed by atoms with Crippen molar-refractivity contribution >= 4 is 15.2 Å². The molecule has 7 nitrogen and oxygen atoms in total. The Morgan fingerprint density at radius 3 is 1.29 bits per heavy atom. The van der Waals surface area contributed by atoms with Crippen LogP contribution >= 0.6 is 15.2 Å². The topological polar surface area (TPSA) is 91.3 Å². The first-order valence-corrected chi connectivity index (χ1v) is 12.2. The molecule has 0 radical (unpaired) electrons. The molecule has 1 saturated carbocycles. The molecule has 24 heavy (non-hydrogen) atoms. The second-order valence-electron chi connectivity index (χ2n) is 5.85. The molecule has 0 aromatic heterocycles. The van der Waals surface area contributed by atoms with E-state index < -0.39 is 21.3 Å². The van der Waals surface area contributed by atoms with Gasteiger partial charge in [-0.3, -0.25) is 9.13 Å². The monoisotopic (exact) mass is 386 g/mol. The molecule has 1 rings (SSSR count). The molecule has 0 aliphatic heterocycles. The first-order chi connectivity index (χ1) is 11.3. The number of hydrogen-bond acceptors (Lipinski definition) is 7. The van der Waals surface area contributed by atoms with Crippen LogP contribution in [-0.2, 0) is 27.2 Å². The number of aliphatic hydroxyl groups excluding tert-OH is 1. The van der Waals surface area contributed by atoms with Gasteiger partial charge in [-0.1, -0.05) is 0 Å². The maximum Gasteiger partial charge on any atom is 0.331 e. The van der Waals surface area contributed by atoms with Crippen molar-refractivity contribution in [2.45, 2.75) is 46.6 Å². The molecule has 2 atom stereocenters. The minimum Gasteiger partial charge on any atom is -0.393 e. The summed E-state index contributed by atoms with van der Waals surface area (Å²) in [4.78, 5) is 0. The van der Waals surface area contributed by atoms with E-state index in [1.165, 1.54) is 0 Å². The van der Waals surface area contributed by atoms with Gasteiger partial charge < -0.3 is 23.2 Å². The van der Waals surface area contributed by atoms with Crippen LogP contribution in [0.5, 0.6) is 0 Å². The van der Waals surface area contributed by atoms with Crippen LogP contribution in [0.3, 0.4) is 0 Å². The van der Waals surface area contributed by atoms with Crippen LogP contribution in [0.25, 0.3) is 0 Å². The molecule has 0 bridgehead atoms. The maximum absolute atomic E-state index is 12.7. The van der Waals surface area contributed by atoms with Crippen molar-refractivity contribution in [1.29, 1.82) is 0 Å². The molecule has 0 heterocycles. The van der Waals surface area contributed by atoms with Gasteiger partial charge in [-0.2, -0.15) is 0 Å². The first-order valence-electron chi connectivity index (χ1n) is 8.77. The smallest absolute Gasteiger partial charge is 0.331 e. The zero-order valence-electron chi connectivity index (χ0n) is 15.2. The van der Waals surface area contributed by atoms with Crippen LogP contribution in [0.2, 0.25) is 0 Å². The molecule has 1 aliphatic rings. The van der Waals surface area contributed by atoms with Gasteiger partial charge in [0.2, 0.25) is 0 Å². The molecule has 0 saturated heterocycles. The van der Waals surface area contributed by atoms with Crippen molar-refractivity contribution in [3.8, 4) is 0 Å². The summed E-state index contributed by atoms with van der Waals surface area (Å²) in [7, 11) is -6.40. The number of rotatable bonds is 12. The zero-order chi connectivity index (χ0) is 18.2. The summed E-state index contributed by atoms with van der Waals surface area (Å²) in [6.45, 7) is 8.25. The highest BCUT2D eigenvalue weighted by molar-refractivity contribution is 7.54. The second kappa shape index (κ2) is 10.4. The second-order valence-corrected chi connectivity index (χ2v) is 10.1. The standard InChI is InChI=1S/C15H32O7P2/c1-5-19-23(17,20-6-2)11-13-9-10-14(15(13)16)12-24(18,21-7-3)22-8-4/h13-16H,5-12H2,1-4H3. The van der Waals surface area contributed by atoms with Crippen LogP contribution in [0.1, 0.15) is 40.5 Å². The van der Waals surface area contributed by atoms with Crippen molar-refractivity contribution in [3.05, 3.63) is 0 Å². The van der Waals surface area contributed by atoms with E-state index in [1.54, 1.807) is 27.7 Å². The fourth-order valence-electron chi connectivity index (χ4n) is 3.20. The zero-order valence-corrected chi connectivity index (χ0v) is 17.0. The van der Waals surface area contributed by atoms with Gasteiger partial charge in [0.25, 0.3) is 0 Å². The Hall–Kier alpha value is 0.260. The number of hydrogen-bond donors (Lipinski definition) is 1. The molecule has 144 valence electrons. The maximum atomic E-state index is 12.7. The van der Waals surface area contributed by atoms with Gasteiger partial charge in [0, 0.05) is 0 Å². The van der Waals surface area contributed by atoms with Gasteiger partial charge in [-0.25, -0.2) is 0 Å². The van der Waals surface area contributed by atoms with Crippen LogP contribution in [0, 0.1) is 11.8 Å². The fraction of sp³-hybridized carbons (Fsp3) is 1.00. The van der Waals surface area contributed by atoms with Crippen molar-refractivity contribution < 1.29 is 32.3 Å². The Labute approximate surface area is 145 Å². The Bertz CT molecular complexity index is 397. The average Bonchev–Trinajstić information content (AvgIpc) is 2.80. The van der Waals surface area contributed by atoms with Crippen molar-refractivity contribution in [1.82, 2.24) is 0 Å². The molecular weight excluding hydrogens is 354 g/mol. The van der Waals surface area contributed by atoms with E-state index in [-0.39, 0.29) is 24.2 Å². The Kier molecular flexibility index (Phi) is 9.68. The van der Waals surface area contributed by atoms with Crippen molar-refractivity contribution in [3.63, 3.8) is 0 Å². The van der Waals surface area contributed by atoms with E-state index in [4.69, 9.17) is 18.1 Å². The lowest BCUT2D eigenvalue weighted by molar-refractivity contribution is 0.0980. The Morgan fingerprint density at radius 1 is 0.750 bits per heavy atom. The van der Waals surface area contributed by atoms with Crippen LogP contribution in [-0.4, -0.2) is 50.0 Å². The van der Waals surface area contributed by atoms with Gasteiger partial charge in [0.1, 0.15) is 0 Å². The SMILES string of the molecule is CCOP(=O)(CC1CCC(CP(=O)(OCC)OCC)C1O)OCC.